The van der Waals surface area contributed by atoms with Crippen molar-refractivity contribution in [2.75, 3.05) is 19.8 Å². The molecule has 0 spiro atoms. The molecule has 2 heterocycles. The fourth-order valence-electron chi connectivity index (χ4n) is 10.4. The highest BCUT2D eigenvalue weighted by molar-refractivity contribution is 5.76. The van der Waals surface area contributed by atoms with Gasteiger partial charge in [-0.1, -0.05) is 237 Å². The molecule has 0 saturated carbocycles. The number of ether oxygens (including phenoxy) is 4. The van der Waals surface area contributed by atoms with Crippen LogP contribution in [0.1, 0.15) is 264 Å². The lowest BCUT2D eigenvalue weighted by molar-refractivity contribution is -0.359. The second-order valence-electron chi connectivity index (χ2n) is 22.5. The molecule has 0 aromatic carbocycles. The van der Waals surface area contributed by atoms with Gasteiger partial charge >= 0.3 is 0 Å². The first kappa shape index (κ1) is 71.3. The first-order chi connectivity index (χ1) is 37.6. The number of aliphatic hydroxyl groups excluding tert-OH is 8. The van der Waals surface area contributed by atoms with E-state index in [4.69, 9.17) is 18.9 Å². The number of amides is 1. The fraction of sp³-hybridized carbons (Fsp3) is 0.889. The number of nitrogens with one attached hydrogen (secondary N) is 1. The molecule has 14 heteroatoms. The van der Waals surface area contributed by atoms with Gasteiger partial charge in [0.25, 0.3) is 0 Å². The minimum absolute atomic E-state index is 0.246. The molecule has 2 rings (SSSR count). The van der Waals surface area contributed by atoms with Crippen molar-refractivity contribution < 1.29 is 64.6 Å². The van der Waals surface area contributed by atoms with E-state index >= 15 is 0 Å². The lowest BCUT2D eigenvalue weighted by atomic mass is 9.97. The predicted octanol–water partition coefficient (Wildman–Crippen LogP) is 11.4. The van der Waals surface area contributed by atoms with Crippen LogP contribution in [0.2, 0.25) is 0 Å². The van der Waals surface area contributed by atoms with Crippen molar-refractivity contribution in [3.8, 4) is 0 Å². The summed E-state index contributed by atoms with van der Waals surface area (Å²) >= 11 is 0. The van der Waals surface area contributed by atoms with Crippen LogP contribution in [-0.4, -0.2) is 140 Å². The number of allylic oxidation sites excluding steroid dienone is 5. The maximum Gasteiger partial charge on any atom is 0.220 e. The maximum absolute atomic E-state index is 13.3. The van der Waals surface area contributed by atoms with E-state index in [2.05, 4.69) is 43.5 Å². The van der Waals surface area contributed by atoms with Crippen LogP contribution in [0, 0.1) is 0 Å². The van der Waals surface area contributed by atoms with Gasteiger partial charge in [-0.3, -0.25) is 4.79 Å². The van der Waals surface area contributed by atoms with E-state index in [1.807, 2.05) is 6.08 Å². The van der Waals surface area contributed by atoms with Gasteiger partial charge in [-0.25, -0.2) is 0 Å². The van der Waals surface area contributed by atoms with Crippen LogP contribution in [-0.2, 0) is 23.7 Å². The summed E-state index contributed by atoms with van der Waals surface area (Å²) in [6.45, 7) is 2.79. The Labute approximate surface area is 468 Å². The smallest absolute Gasteiger partial charge is 0.220 e. The summed E-state index contributed by atoms with van der Waals surface area (Å²) in [7, 11) is 0. The van der Waals surface area contributed by atoms with Crippen molar-refractivity contribution in [3.63, 3.8) is 0 Å². The molecule has 77 heavy (non-hydrogen) atoms. The summed E-state index contributed by atoms with van der Waals surface area (Å²) in [5.74, 6) is -0.246. The van der Waals surface area contributed by atoms with Crippen LogP contribution in [0.25, 0.3) is 0 Å². The highest BCUT2D eigenvalue weighted by atomic mass is 16.7. The zero-order valence-electron chi connectivity index (χ0n) is 48.7. The van der Waals surface area contributed by atoms with Crippen molar-refractivity contribution >= 4 is 5.91 Å². The molecule has 0 aromatic heterocycles. The van der Waals surface area contributed by atoms with Gasteiger partial charge in [-0.15, -0.1) is 0 Å². The molecule has 452 valence electrons. The summed E-state index contributed by atoms with van der Waals surface area (Å²) in [5, 5.41) is 87.1. The SMILES string of the molecule is CCCCCCCCCC/C=C\CCCCCCCCCCCCCCCCCCCC(=O)NC(COC1OC(CO)C(OC2OC(CO)C(O)C(O)C2O)C(O)C1O)C(O)/C=C/CC/C=C/CCCCCCCCCC. The third-order valence-corrected chi connectivity index (χ3v) is 15.5. The Bertz CT molecular complexity index is 1430. The summed E-state index contributed by atoms with van der Waals surface area (Å²) in [6, 6.07) is -0.929. The zero-order chi connectivity index (χ0) is 56.0. The average molecular weight is 1100 g/mol. The van der Waals surface area contributed by atoms with E-state index in [1.54, 1.807) is 6.08 Å². The van der Waals surface area contributed by atoms with Gasteiger partial charge in [0.2, 0.25) is 5.91 Å². The predicted molar refractivity (Wildman–Crippen MR) is 309 cm³/mol. The number of carbonyl (C=O) groups is 1. The largest absolute Gasteiger partial charge is 0.394 e. The quantitative estimate of drug-likeness (QED) is 0.0204. The number of carbonyl (C=O) groups excluding carboxylic acids is 1. The third kappa shape index (κ3) is 34.3. The Balaban J connectivity index is 1.68. The Morgan fingerprint density at radius 1 is 0.455 bits per heavy atom. The Hall–Kier alpha value is -1.79. The molecular formula is C63H117NO13. The molecule has 2 aliphatic heterocycles. The molecule has 0 aromatic rings. The van der Waals surface area contributed by atoms with E-state index in [0.717, 1.165) is 32.1 Å². The normalized spacial score (nSPS) is 24.9. The number of hydrogen-bond donors (Lipinski definition) is 9. The lowest BCUT2D eigenvalue weighted by Gasteiger charge is -2.46. The maximum atomic E-state index is 13.3. The molecule has 0 radical (unpaired) electrons. The summed E-state index contributed by atoms with van der Waals surface area (Å²) in [6.07, 6.45) is 43.5. The van der Waals surface area contributed by atoms with E-state index in [0.29, 0.717) is 12.8 Å². The lowest BCUT2D eigenvalue weighted by Crippen LogP contribution is -2.65. The molecule has 12 atom stereocenters. The molecule has 14 nitrogen and oxygen atoms in total. The molecule has 2 aliphatic rings. The summed E-state index contributed by atoms with van der Waals surface area (Å²) < 4.78 is 22.8. The third-order valence-electron chi connectivity index (χ3n) is 15.5. The van der Waals surface area contributed by atoms with Crippen LogP contribution < -0.4 is 5.32 Å². The van der Waals surface area contributed by atoms with E-state index in [9.17, 15) is 45.6 Å². The van der Waals surface area contributed by atoms with Crippen LogP contribution in [0.15, 0.2) is 36.5 Å². The summed E-state index contributed by atoms with van der Waals surface area (Å²) in [4.78, 5) is 13.3. The van der Waals surface area contributed by atoms with Crippen LogP contribution in [0.4, 0.5) is 0 Å². The topological polar surface area (TPSA) is 228 Å². The second kappa shape index (κ2) is 48.9. The van der Waals surface area contributed by atoms with Crippen molar-refractivity contribution in [2.24, 2.45) is 0 Å². The number of hydrogen-bond acceptors (Lipinski definition) is 13. The standard InChI is InChI=1S/C63H117NO13/c1-3-5-7-9-11-13-15-17-19-20-21-22-23-24-25-26-27-28-29-30-31-32-33-35-37-39-41-43-45-47-55(68)64-51(52(67)46-44-42-40-38-36-34-18-16-14-12-10-8-6-4-2)50-74-62-60(73)58(71)61(54(49-66)76-62)77-63-59(72)57(70)56(69)53(48-65)75-63/h20-21,36,38,44,46,51-54,56-63,65-67,69-73H,3-19,22-35,37,39-43,45,47-50H2,1-2H3,(H,64,68)/b21-20-,38-36+,46-44+. The van der Waals surface area contributed by atoms with E-state index in [1.165, 1.54) is 199 Å². The molecule has 2 saturated heterocycles. The number of unbranched alkanes of at least 4 members (excludes halogenated alkanes) is 34. The van der Waals surface area contributed by atoms with Gasteiger partial charge in [0.1, 0.15) is 48.8 Å². The fourth-order valence-corrected chi connectivity index (χ4v) is 10.4. The van der Waals surface area contributed by atoms with Crippen molar-refractivity contribution in [3.05, 3.63) is 36.5 Å². The van der Waals surface area contributed by atoms with Gasteiger partial charge in [-0.05, 0) is 57.8 Å². The Morgan fingerprint density at radius 3 is 1.27 bits per heavy atom. The minimum atomic E-state index is -1.79. The Kier molecular flexibility index (Phi) is 45.3. The van der Waals surface area contributed by atoms with Crippen LogP contribution in [0.5, 0.6) is 0 Å². The highest BCUT2D eigenvalue weighted by Crippen LogP contribution is 2.30. The van der Waals surface area contributed by atoms with Gasteiger partial charge in [0.05, 0.1) is 32.0 Å². The van der Waals surface area contributed by atoms with Gasteiger partial charge < -0.3 is 65.1 Å². The Morgan fingerprint density at radius 2 is 0.831 bits per heavy atom. The second-order valence-corrected chi connectivity index (χ2v) is 22.5. The van der Waals surface area contributed by atoms with Crippen molar-refractivity contribution in [1.82, 2.24) is 5.32 Å². The van der Waals surface area contributed by atoms with Crippen LogP contribution >= 0.6 is 0 Å². The van der Waals surface area contributed by atoms with Crippen molar-refractivity contribution in [2.45, 2.75) is 338 Å². The summed E-state index contributed by atoms with van der Waals surface area (Å²) in [5.41, 5.74) is 0. The zero-order valence-corrected chi connectivity index (χ0v) is 48.7. The molecular weight excluding hydrogens is 979 g/mol. The highest BCUT2D eigenvalue weighted by Gasteiger charge is 2.51. The minimum Gasteiger partial charge on any atom is -0.394 e. The van der Waals surface area contributed by atoms with E-state index < -0.39 is 86.8 Å². The molecule has 0 bridgehead atoms. The van der Waals surface area contributed by atoms with Crippen LogP contribution in [0.3, 0.4) is 0 Å². The average Bonchev–Trinajstić information content (AvgIpc) is 3.43. The first-order valence-electron chi connectivity index (χ1n) is 31.7. The molecule has 9 N–H and O–H groups in total. The van der Waals surface area contributed by atoms with Gasteiger partial charge in [0, 0.05) is 6.42 Å². The number of rotatable bonds is 51. The first-order valence-corrected chi connectivity index (χ1v) is 31.7. The van der Waals surface area contributed by atoms with Crippen molar-refractivity contribution in [1.29, 1.82) is 0 Å². The van der Waals surface area contributed by atoms with Gasteiger partial charge in [0.15, 0.2) is 12.6 Å². The number of aliphatic hydroxyl groups is 8. The monoisotopic (exact) mass is 1100 g/mol. The molecule has 1 amide bonds. The van der Waals surface area contributed by atoms with Gasteiger partial charge in [-0.2, -0.15) is 0 Å². The molecule has 2 fully saturated rings. The molecule has 0 aliphatic carbocycles. The van der Waals surface area contributed by atoms with E-state index in [-0.39, 0.29) is 18.9 Å². The molecule has 12 unspecified atom stereocenters.